The Kier molecular flexibility index (Phi) is 4.70. The number of carbonyl (C=O) groups excluding carboxylic acids is 2. The maximum Gasteiger partial charge on any atom is 0.253 e. The second-order valence-corrected chi connectivity index (χ2v) is 8.36. The van der Waals surface area contributed by atoms with Crippen LogP contribution in [0.4, 0.5) is 5.69 Å². The van der Waals surface area contributed by atoms with Crippen LogP contribution in [0.2, 0.25) is 0 Å². The van der Waals surface area contributed by atoms with Crippen molar-refractivity contribution < 1.29 is 18.0 Å². The number of sulfone groups is 1. The lowest BCUT2D eigenvalue weighted by molar-refractivity contribution is -0.118. The lowest BCUT2D eigenvalue weighted by Gasteiger charge is -2.34. The maximum absolute atomic E-state index is 12.3. The number of hydrogen-bond donors (Lipinski definition) is 1. The molecular formula is C15H20N4O4S. The van der Waals surface area contributed by atoms with Crippen LogP contribution in [0.1, 0.15) is 16.8 Å². The van der Waals surface area contributed by atoms with Gasteiger partial charge in [-0.1, -0.05) is 0 Å². The fourth-order valence-electron chi connectivity index (χ4n) is 2.99. The van der Waals surface area contributed by atoms with Gasteiger partial charge in [-0.2, -0.15) is 0 Å². The Balaban J connectivity index is 1.64. The third-order valence-corrected chi connectivity index (χ3v) is 6.15. The number of amides is 2. The van der Waals surface area contributed by atoms with E-state index in [2.05, 4.69) is 15.2 Å². The lowest BCUT2D eigenvalue weighted by atomic mass is 10.2. The molecule has 2 fully saturated rings. The molecule has 3 heterocycles. The highest BCUT2D eigenvalue weighted by Crippen LogP contribution is 2.17. The zero-order chi connectivity index (χ0) is 17.2. The van der Waals surface area contributed by atoms with E-state index in [0.29, 0.717) is 38.2 Å². The van der Waals surface area contributed by atoms with Crippen molar-refractivity contribution in [3.8, 4) is 0 Å². The van der Waals surface area contributed by atoms with Gasteiger partial charge in [0.2, 0.25) is 6.41 Å². The highest BCUT2D eigenvalue weighted by molar-refractivity contribution is 7.91. The molecular weight excluding hydrogens is 332 g/mol. The van der Waals surface area contributed by atoms with Gasteiger partial charge in [0.25, 0.3) is 5.91 Å². The zero-order valence-corrected chi connectivity index (χ0v) is 14.0. The number of nitrogens with zero attached hydrogens (tertiary/aromatic N) is 3. The highest BCUT2D eigenvalue weighted by Gasteiger charge is 2.29. The molecule has 1 N–H and O–H groups in total. The summed E-state index contributed by atoms with van der Waals surface area (Å²) in [7, 11) is -3.03. The molecule has 3 rings (SSSR count). The maximum atomic E-state index is 12.3. The third kappa shape index (κ3) is 3.84. The van der Waals surface area contributed by atoms with Crippen LogP contribution in [-0.4, -0.2) is 74.3 Å². The molecule has 1 unspecified atom stereocenters. The zero-order valence-electron chi connectivity index (χ0n) is 13.2. The smallest absolute Gasteiger partial charge is 0.253 e. The Morgan fingerprint density at radius 3 is 2.62 bits per heavy atom. The van der Waals surface area contributed by atoms with E-state index < -0.39 is 9.84 Å². The minimum Gasteiger partial charge on any atom is -0.367 e. The molecule has 2 aliphatic heterocycles. The lowest BCUT2D eigenvalue weighted by Crippen LogP contribution is -2.45. The molecule has 0 aliphatic carbocycles. The van der Waals surface area contributed by atoms with Crippen LogP contribution in [0.25, 0.3) is 0 Å². The first-order valence-corrected chi connectivity index (χ1v) is 9.69. The molecule has 2 saturated heterocycles. The SMILES string of the molecule is O=CN1CCN(c2cncc(C(=O)NC3CCS(=O)(=O)C3)c2)CC1. The molecule has 8 nitrogen and oxygen atoms in total. The molecule has 2 aliphatic rings. The number of rotatable bonds is 4. The number of hydrogen-bond acceptors (Lipinski definition) is 6. The molecule has 24 heavy (non-hydrogen) atoms. The van der Waals surface area contributed by atoms with Crippen molar-refractivity contribution >= 4 is 27.8 Å². The van der Waals surface area contributed by atoms with E-state index in [1.54, 1.807) is 17.2 Å². The van der Waals surface area contributed by atoms with Crippen LogP contribution < -0.4 is 10.2 Å². The third-order valence-electron chi connectivity index (χ3n) is 4.38. The highest BCUT2D eigenvalue weighted by atomic mass is 32.2. The summed E-state index contributed by atoms with van der Waals surface area (Å²) in [5.74, 6) is -0.186. The van der Waals surface area contributed by atoms with Gasteiger partial charge in [0.05, 0.1) is 29.0 Å². The summed E-state index contributed by atoms with van der Waals surface area (Å²) in [6, 6.07) is 1.42. The van der Waals surface area contributed by atoms with Crippen molar-refractivity contribution in [2.45, 2.75) is 12.5 Å². The molecule has 0 radical (unpaired) electrons. The summed E-state index contributed by atoms with van der Waals surface area (Å²) in [5, 5.41) is 2.77. The van der Waals surface area contributed by atoms with Crippen molar-refractivity contribution in [2.24, 2.45) is 0 Å². The van der Waals surface area contributed by atoms with Crippen molar-refractivity contribution in [2.75, 3.05) is 42.6 Å². The summed E-state index contributed by atoms with van der Waals surface area (Å²) in [4.78, 5) is 31.0. The summed E-state index contributed by atoms with van der Waals surface area (Å²) >= 11 is 0. The van der Waals surface area contributed by atoms with Crippen LogP contribution in [0.3, 0.4) is 0 Å². The van der Waals surface area contributed by atoms with Gasteiger partial charge in [0, 0.05) is 38.4 Å². The van der Waals surface area contributed by atoms with E-state index in [9.17, 15) is 18.0 Å². The first-order chi connectivity index (χ1) is 11.5. The summed E-state index contributed by atoms with van der Waals surface area (Å²) in [6.45, 7) is 2.65. The fourth-order valence-corrected chi connectivity index (χ4v) is 4.66. The average Bonchev–Trinajstić information content (AvgIpc) is 2.93. The van der Waals surface area contributed by atoms with Crippen molar-refractivity contribution in [1.29, 1.82) is 0 Å². The Hall–Kier alpha value is -2.16. The average molecular weight is 352 g/mol. The summed E-state index contributed by atoms with van der Waals surface area (Å²) in [5.41, 5.74) is 1.24. The van der Waals surface area contributed by atoms with Crippen molar-refractivity contribution in [1.82, 2.24) is 15.2 Å². The standard InChI is InChI=1S/C15H20N4O4S/c20-11-18-2-4-19(5-3-18)14-7-12(8-16-9-14)15(21)17-13-1-6-24(22,23)10-13/h7-9,11,13H,1-6,10H2,(H,17,21). The Morgan fingerprint density at radius 1 is 1.25 bits per heavy atom. The van der Waals surface area contributed by atoms with Gasteiger partial charge in [-0.15, -0.1) is 0 Å². The van der Waals surface area contributed by atoms with Crippen molar-refractivity contribution in [3.05, 3.63) is 24.0 Å². The second-order valence-electron chi connectivity index (χ2n) is 6.13. The van der Waals surface area contributed by atoms with Crippen LogP contribution in [-0.2, 0) is 14.6 Å². The van der Waals surface area contributed by atoms with E-state index in [0.717, 1.165) is 12.1 Å². The minimum absolute atomic E-state index is 0.000482. The molecule has 1 aromatic heterocycles. The predicted octanol–water partition coefficient (Wildman–Crippen LogP) is -0.723. The molecule has 130 valence electrons. The first kappa shape index (κ1) is 16.7. The number of pyridine rings is 1. The van der Waals surface area contributed by atoms with Crippen LogP contribution >= 0.6 is 0 Å². The molecule has 2 amide bonds. The summed E-state index contributed by atoms with van der Waals surface area (Å²) in [6.07, 6.45) is 4.46. The van der Waals surface area contributed by atoms with E-state index in [-0.39, 0.29) is 23.5 Å². The molecule has 9 heteroatoms. The van der Waals surface area contributed by atoms with Gasteiger partial charge in [-0.25, -0.2) is 8.42 Å². The molecule has 1 aromatic rings. The van der Waals surface area contributed by atoms with Crippen LogP contribution in [0.15, 0.2) is 18.5 Å². The molecule has 0 aromatic carbocycles. The molecule has 0 spiro atoms. The minimum atomic E-state index is -3.03. The number of piperazine rings is 1. The fraction of sp³-hybridized carbons (Fsp3) is 0.533. The van der Waals surface area contributed by atoms with Crippen LogP contribution in [0, 0.1) is 0 Å². The van der Waals surface area contributed by atoms with E-state index in [1.165, 1.54) is 6.20 Å². The largest absolute Gasteiger partial charge is 0.367 e. The van der Waals surface area contributed by atoms with Gasteiger partial charge in [0.1, 0.15) is 0 Å². The van der Waals surface area contributed by atoms with Gasteiger partial charge in [-0.3, -0.25) is 14.6 Å². The molecule has 1 atom stereocenters. The van der Waals surface area contributed by atoms with Crippen molar-refractivity contribution in [3.63, 3.8) is 0 Å². The Bertz CT molecular complexity index is 729. The monoisotopic (exact) mass is 352 g/mol. The van der Waals surface area contributed by atoms with Gasteiger partial charge >= 0.3 is 0 Å². The van der Waals surface area contributed by atoms with E-state index >= 15 is 0 Å². The normalized spacial score (nSPS) is 23.1. The number of nitrogens with one attached hydrogen (secondary N) is 1. The van der Waals surface area contributed by atoms with Gasteiger partial charge in [0.15, 0.2) is 9.84 Å². The summed E-state index contributed by atoms with van der Waals surface area (Å²) < 4.78 is 22.9. The second kappa shape index (κ2) is 6.76. The van der Waals surface area contributed by atoms with Gasteiger partial charge in [-0.05, 0) is 12.5 Å². The molecule has 0 bridgehead atoms. The predicted molar refractivity (Wildman–Crippen MR) is 88.6 cm³/mol. The number of anilines is 1. The number of carbonyl (C=O) groups is 2. The molecule has 0 saturated carbocycles. The topological polar surface area (TPSA) is 99.7 Å². The Labute approximate surface area is 140 Å². The van der Waals surface area contributed by atoms with Gasteiger partial charge < -0.3 is 15.1 Å². The van der Waals surface area contributed by atoms with Crippen LogP contribution in [0.5, 0.6) is 0 Å². The van der Waals surface area contributed by atoms with E-state index in [4.69, 9.17) is 0 Å². The quantitative estimate of drug-likeness (QED) is 0.718. The number of aromatic nitrogens is 1. The first-order valence-electron chi connectivity index (χ1n) is 7.87. The van der Waals surface area contributed by atoms with E-state index in [1.807, 2.05) is 0 Å². The Morgan fingerprint density at radius 2 is 2.00 bits per heavy atom.